The highest BCUT2D eigenvalue weighted by Gasteiger charge is 1.95. The van der Waals surface area contributed by atoms with Crippen LogP contribution in [0, 0.1) is 0 Å². The van der Waals surface area contributed by atoms with Crippen LogP contribution in [0.15, 0.2) is 0 Å². The normalized spacial score (nSPS) is 12.9. The average Bonchev–Trinajstić information content (AvgIpc) is 2.30. The number of ether oxygens (including phenoxy) is 1. The summed E-state index contributed by atoms with van der Waals surface area (Å²) in [7, 11) is 0. The third-order valence-corrected chi connectivity index (χ3v) is 3.11. The Morgan fingerprint density at radius 2 is 1.18 bits per heavy atom. The van der Waals surface area contributed by atoms with E-state index in [1.807, 2.05) is 0 Å². The maximum absolute atomic E-state index is 8.89. The summed E-state index contributed by atoms with van der Waals surface area (Å²) in [6, 6.07) is 0. The zero-order chi connectivity index (χ0) is 12.8. The van der Waals surface area contributed by atoms with Gasteiger partial charge in [0, 0.05) is 6.61 Å². The summed E-state index contributed by atoms with van der Waals surface area (Å²) >= 11 is 0. The Labute approximate surface area is 108 Å². The molecular formula is C15H32O2. The molecule has 0 saturated carbocycles. The van der Waals surface area contributed by atoms with Crippen molar-refractivity contribution in [3.8, 4) is 0 Å². The minimum Gasteiger partial charge on any atom is -0.368 e. The molecule has 0 aliphatic heterocycles. The van der Waals surface area contributed by atoms with Gasteiger partial charge in [0.25, 0.3) is 0 Å². The van der Waals surface area contributed by atoms with Gasteiger partial charge in [0.05, 0.1) is 0 Å². The Morgan fingerprint density at radius 1 is 0.765 bits per heavy atom. The molecule has 0 saturated heterocycles. The lowest BCUT2D eigenvalue weighted by atomic mass is 10.1. The molecule has 0 aliphatic carbocycles. The zero-order valence-corrected chi connectivity index (χ0v) is 11.9. The molecule has 0 aromatic rings. The van der Waals surface area contributed by atoms with E-state index in [2.05, 4.69) is 6.92 Å². The lowest BCUT2D eigenvalue weighted by Gasteiger charge is -2.06. The van der Waals surface area contributed by atoms with Crippen LogP contribution in [0.2, 0.25) is 0 Å². The van der Waals surface area contributed by atoms with Crippen LogP contribution in [0.1, 0.15) is 84.5 Å². The van der Waals surface area contributed by atoms with Gasteiger partial charge in [-0.25, -0.2) is 0 Å². The lowest BCUT2D eigenvalue weighted by molar-refractivity contribution is -0.0859. The van der Waals surface area contributed by atoms with E-state index in [1.165, 1.54) is 64.2 Å². The minimum absolute atomic E-state index is 0.599. The number of aliphatic hydroxyl groups is 1. The Kier molecular flexibility index (Phi) is 13.9. The lowest BCUT2D eigenvalue weighted by Crippen LogP contribution is -2.06. The fourth-order valence-electron chi connectivity index (χ4n) is 2.02. The van der Waals surface area contributed by atoms with Crippen molar-refractivity contribution in [2.24, 2.45) is 0 Å². The molecular weight excluding hydrogens is 212 g/mol. The van der Waals surface area contributed by atoms with Crippen LogP contribution in [0.5, 0.6) is 0 Å². The first-order chi connectivity index (χ1) is 8.27. The first-order valence-electron chi connectivity index (χ1n) is 7.57. The topological polar surface area (TPSA) is 29.5 Å². The van der Waals surface area contributed by atoms with E-state index in [0.717, 1.165) is 6.42 Å². The van der Waals surface area contributed by atoms with Gasteiger partial charge in [-0.2, -0.15) is 0 Å². The van der Waals surface area contributed by atoms with Gasteiger partial charge in [-0.3, -0.25) is 0 Å². The summed E-state index contributed by atoms with van der Waals surface area (Å²) < 4.78 is 5.08. The maximum atomic E-state index is 8.89. The molecule has 0 bridgehead atoms. The predicted octanol–water partition coefficient (Wildman–Crippen LogP) is 4.65. The van der Waals surface area contributed by atoms with E-state index in [4.69, 9.17) is 9.84 Å². The smallest absolute Gasteiger partial charge is 0.151 e. The van der Waals surface area contributed by atoms with E-state index < -0.39 is 6.29 Å². The van der Waals surface area contributed by atoms with E-state index in [0.29, 0.717) is 6.61 Å². The SMILES string of the molecule is CCCCCCCCCCCCCOC(C)O. The molecule has 0 aromatic carbocycles. The largest absolute Gasteiger partial charge is 0.368 e. The number of rotatable bonds is 13. The first kappa shape index (κ1) is 16.9. The summed E-state index contributed by atoms with van der Waals surface area (Å²) in [5.41, 5.74) is 0. The summed E-state index contributed by atoms with van der Waals surface area (Å²) in [5, 5.41) is 8.89. The van der Waals surface area contributed by atoms with Crippen LogP contribution in [0.25, 0.3) is 0 Å². The maximum Gasteiger partial charge on any atom is 0.151 e. The van der Waals surface area contributed by atoms with Crippen molar-refractivity contribution in [1.82, 2.24) is 0 Å². The Balaban J connectivity index is 2.89. The molecule has 2 nitrogen and oxygen atoms in total. The summed E-state index contributed by atoms with van der Waals surface area (Å²) in [6.45, 7) is 4.63. The second-order valence-corrected chi connectivity index (χ2v) is 5.01. The highest BCUT2D eigenvalue weighted by molar-refractivity contribution is 4.47. The Morgan fingerprint density at radius 3 is 1.59 bits per heavy atom. The summed E-state index contributed by atoms with van der Waals surface area (Å²) in [5.74, 6) is 0. The van der Waals surface area contributed by atoms with E-state index in [1.54, 1.807) is 6.92 Å². The van der Waals surface area contributed by atoms with Crippen molar-refractivity contribution in [2.75, 3.05) is 6.61 Å². The molecule has 0 radical (unpaired) electrons. The van der Waals surface area contributed by atoms with Crippen molar-refractivity contribution >= 4 is 0 Å². The molecule has 1 unspecified atom stereocenters. The van der Waals surface area contributed by atoms with Gasteiger partial charge >= 0.3 is 0 Å². The molecule has 0 amide bonds. The summed E-state index contributed by atoms with van der Waals surface area (Å²) in [4.78, 5) is 0. The number of hydrogen-bond acceptors (Lipinski definition) is 2. The van der Waals surface area contributed by atoms with Crippen LogP contribution in [0.4, 0.5) is 0 Å². The molecule has 1 atom stereocenters. The molecule has 0 spiro atoms. The van der Waals surface area contributed by atoms with E-state index in [9.17, 15) is 0 Å². The molecule has 0 heterocycles. The van der Waals surface area contributed by atoms with Crippen molar-refractivity contribution in [3.63, 3.8) is 0 Å². The van der Waals surface area contributed by atoms with Crippen molar-refractivity contribution in [2.45, 2.75) is 90.8 Å². The van der Waals surface area contributed by atoms with E-state index >= 15 is 0 Å². The molecule has 17 heavy (non-hydrogen) atoms. The molecule has 0 aromatic heterocycles. The van der Waals surface area contributed by atoms with Crippen molar-refractivity contribution in [1.29, 1.82) is 0 Å². The quantitative estimate of drug-likeness (QED) is 0.377. The Hall–Kier alpha value is -0.0800. The van der Waals surface area contributed by atoms with Crippen molar-refractivity contribution < 1.29 is 9.84 Å². The molecule has 0 rings (SSSR count). The van der Waals surface area contributed by atoms with Crippen molar-refractivity contribution in [3.05, 3.63) is 0 Å². The molecule has 0 aliphatic rings. The Bertz CT molecular complexity index is 135. The monoisotopic (exact) mass is 244 g/mol. The average molecular weight is 244 g/mol. The molecule has 1 N–H and O–H groups in total. The van der Waals surface area contributed by atoms with E-state index in [-0.39, 0.29) is 0 Å². The van der Waals surface area contributed by atoms with Gasteiger partial charge in [-0.15, -0.1) is 0 Å². The second-order valence-electron chi connectivity index (χ2n) is 5.01. The van der Waals surface area contributed by atoms with Gasteiger partial charge in [0.15, 0.2) is 6.29 Å². The molecule has 104 valence electrons. The van der Waals surface area contributed by atoms with Crippen LogP contribution < -0.4 is 0 Å². The fourth-order valence-corrected chi connectivity index (χ4v) is 2.02. The highest BCUT2D eigenvalue weighted by Crippen LogP contribution is 2.11. The zero-order valence-electron chi connectivity index (χ0n) is 11.9. The van der Waals surface area contributed by atoms with Gasteiger partial charge in [0.1, 0.15) is 0 Å². The second kappa shape index (κ2) is 14.0. The van der Waals surface area contributed by atoms with Crippen LogP contribution in [-0.4, -0.2) is 18.0 Å². The number of aliphatic hydroxyl groups excluding tert-OH is 1. The third-order valence-electron chi connectivity index (χ3n) is 3.11. The summed E-state index contributed by atoms with van der Waals surface area (Å²) in [6.07, 6.45) is 14.2. The number of hydrogen-bond donors (Lipinski definition) is 1. The standard InChI is InChI=1S/C15H32O2/c1-3-4-5-6-7-8-9-10-11-12-13-14-17-15(2)16/h15-16H,3-14H2,1-2H3. The van der Waals surface area contributed by atoms with Crippen LogP contribution in [0.3, 0.4) is 0 Å². The van der Waals surface area contributed by atoms with Crippen LogP contribution >= 0.6 is 0 Å². The fraction of sp³-hybridized carbons (Fsp3) is 1.00. The predicted molar refractivity (Wildman–Crippen MR) is 74.1 cm³/mol. The third kappa shape index (κ3) is 15.9. The first-order valence-corrected chi connectivity index (χ1v) is 7.57. The highest BCUT2D eigenvalue weighted by atomic mass is 16.6. The molecule has 2 heteroatoms. The van der Waals surface area contributed by atoms with Gasteiger partial charge < -0.3 is 9.84 Å². The molecule has 0 fully saturated rings. The van der Waals surface area contributed by atoms with Gasteiger partial charge in [-0.05, 0) is 13.3 Å². The van der Waals surface area contributed by atoms with Gasteiger partial charge in [-0.1, -0.05) is 71.1 Å². The van der Waals surface area contributed by atoms with Gasteiger partial charge in [0.2, 0.25) is 0 Å². The number of unbranched alkanes of at least 4 members (excludes halogenated alkanes) is 10. The van der Waals surface area contributed by atoms with Crippen LogP contribution in [-0.2, 0) is 4.74 Å². The minimum atomic E-state index is -0.599.